The van der Waals surface area contributed by atoms with E-state index in [-0.39, 0.29) is 37.9 Å². The third-order valence-electron chi connectivity index (χ3n) is 5.53. The van der Waals surface area contributed by atoms with E-state index >= 15 is 0 Å². The van der Waals surface area contributed by atoms with Crippen LogP contribution in [0, 0.1) is 0 Å². The van der Waals surface area contributed by atoms with E-state index in [0.717, 1.165) is 11.1 Å². The van der Waals surface area contributed by atoms with Crippen LogP contribution in [0.2, 0.25) is 0 Å². The minimum Gasteiger partial charge on any atom is -0.508 e. The Hall–Kier alpha value is -3.94. The lowest BCUT2D eigenvalue weighted by Crippen LogP contribution is -2.22. The quantitative estimate of drug-likeness (QED) is 0.202. The van der Waals surface area contributed by atoms with Crippen molar-refractivity contribution in [3.63, 3.8) is 0 Å². The summed E-state index contributed by atoms with van der Waals surface area (Å²) in [7, 11) is 0. The number of phenols is 2. The molecule has 2 N–H and O–H groups in total. The molecule has 0 aliphatic rings. The monoisotopic (exact) mass is 512 g/mol. The van der Waals surface area contributed by atoms with Crippen molar-refractivity contribution in [1.29, 1.82) is 0 Å². The first-order valence-electron chi connectivity index (χ1n) is 12.0. The predicted molar refractivity (Wildman–Crippen MR) is 140 cm³/mol. The summed E-state index contributed by atoms with van der Waals surface area (Å²) in [6, 6.07) is 9.78. The SMILES string of the molecule is C=C(C)C(=O)OCCCOc1cc(O)ccc1C(C)(C)c1ccc(O)cc1OCCCOC(=O)C(=C)C. The van der Waals surface area contributed by atoms with Gasteiger partial charge < -0.3 is 29.2 Å². The molecule has 2 aromatic rings. The van der Waals surface area contributed by atoms with Crippen molar-refractivity contribution >= 4 is 11.9 Å². The van der Waals surface area contributed by atoms with Crippen molar-refractivity contribution in [3.8, 4) is 23.0 Å². The van der Waals surface area contributed by atoms with Crippen molar-refractivity contribution in [2.24, 2.45) is 0 Å². The second kappa shape index (κ2) is 13.4. The molecule has 0 unspecified atom stereocenters. The number of aromatic hydroxyl groups is 2. The van der Waals surface area contributed by atoms with Crippen molar-refractivity contribution in [2.75, 3.05) is 26.4 Å². The molecule has 2 aromatic carbocycles. The molecule has 0 aromatic heterocycles. The van der Waals surface area contributed by atoms with E-state index in [1.807, 2.05) is 13.8 Å². The van der Waals surface area contributed by atoms with E-state index in [0.29, 0.717) is 35.5 Å². The molecule has 0 bridgehead atoms. The minimum absolute atomic E-state index is 0.0507. The second-order valence-electron chi connectivity index (χ2n) is 9.22. The van der Waals surface area contributed by atoms with Crippen LogP contribution < -0.4 is 9.47 Å². The third kappa shape index (κ3) is 8.59. The summed E-state index contributed by atoms with van der Waals surface area (Å²) in [4.78, 5) is 23.1. The Balaban J connectivity index is 2.15. The summed E-state index contributed by atoms with van der Waals surface area (Å²) in [6.07, 6.45) is 0.913. The number of esters is 2. The summed E-state index contributed by atoms with van der Waals surface area (Å²) in [5.41, 5.74) is 1.59. The molecule has 0 amide bonds. The van der Waals surface area contributed by atoms with E-state index in [1.165, 1.54) is 12.1 Å². The normalized spacial score (nSPS) is 10.9. The van der Waals surface area contributed by atoms with Crippen LogP contribution in [0.5, 0.6) is 23.0 Å². The van der Waals surface area contributed by atoms with Gasteiger partial charge in [-0.2, -0.15) is 0 Å². The first kappa shape index (κ1) is 29.3. The fourth-order valence-electron chi connectivity index (χ4n) is 3.50. The van der Waals surface area contributed by atoms with E-state index in [4.69, 9.17) is 18.9 Å². The van der Waals surface area contributed by atoms with Gasteiger partial charge in [-0.1, -0.05) is 39.1 Å². The number of carbonyl (C=O) groups excluding carboxylic acids is 2. The standard InChI is InChI=1S/C29H36O8/c1-19(2)27(32)36-15-7-13-34-25-17-21(30)9-11-23(25)29(5,6)24-12-10-22(31)18-26(24)35-14-8-16-37-28(33)20(3)4/h9-12,17-18,30-31H,1,3,7-8,13-16H2,2,4-6H3. The second-order valence-corrected chi connectivity index (χ2v) is 9.22. The van der Waals surface area contributed by atoms with Crippen LogP contribution in [0.4, 0.5) is 0 Å². The van der Waals surface area contributed by atoms with Crippen molar-refractivity contribution < 1.29 is 38.7 Å². The van der Waals surface area contributed by atoms with Crippen molar-refractivity contribution in [1.82, 2.24) is 0 Å². The van der Waals surface area contributed by atoms with Crippen LogP contribution in [0.1, 0.15) is 51.7 Å². The van der Waals surface area contributed by atoms with E-state index < -0.39 is 17.4 Å². The zero-order valence-corrected chi connectivity index (χ0v) is 22.0. The molecule has 200 valence electrons. The Morgan fingerprint density at radius 1 is 0.730 bits per heavy atom. The van der Waals surface area contributed by atoms with E-state index in [9.17, 15) is 19.8 Å². The summed E-state index contributed by atoms with van der Waals surface area (Å²) >= 11 is 0. The molecular weight excluding hydrogens is 476 g/mol. The van der Waals surface area contributed by atoms with Gasteiger partial charge in [0, 0.05) is 52.7 Å². The smallest absolute Gasteiger partial charge is 0.333 e. The Labute approximate surface area is 218 Å². The van der Waals surface area contributed by atoms with Crippen molar-refractivity contribution in [2.45, 2.75) is 46.0 Å². The molecule has 0 aliphatic carbocycles. The first-order chi connectivity index (χ1) is 17.4. The fourth-order valence-corrected chi connectivity index (χ4v) is 3.50. The highest BCUT2D eigenvalue weighted by molar-refractivity contribution is 5.87. The number of hydrogen-bond acceptors (Lipinski definition) is 8. The molecule has 8 heteroatoms. The average molecular weight is 513 g/mol. The Kier molecular flexibility index (Phi) is 10.6. The van der Waals surface area contributed by atoms with Crippen LogP contribution in [0.25, 0.3) is 0 Å². The molecule has 0 heterocycles. The Bertz CT molecular complexity index is 1050. The Morgan fingerprint density at radius 3 is 1.46 bits per heavy atom. The van der Waals surface area contributed by atoms with Crippen LogP contribution >= 0.6 is 0 Å². The van der Waals surface area contributed by atoms with Gasteiger partial charge in [0.05, 0.1) is 26.4 Å². The van der Waals surface area contributed by atoms with Gasteiger partial charge >= 0.3 is 11.9 Å². The van der Waals surface area contributed by atoms with Crippen LogP contribution in [-0.4, -0.2) is 48.6 Å². The molecule has 8 nitrogen and oxygen atoms in total. The summed E-state index contributed by atoms with van der Waals surface area (Å²) in [5, 5.41) is 20.2. The number of carbonyl (C=O) groups is 2. The molecule has 0 aliphatic heterocycles. The lowest BCUT2D eigenvalue weighted by molar-refractivity contribution is -0.140. The van der Waals surface area contributed by atoms with Crippen LogP contribution in [-0.2, 0) is 24.5 Å². The predicted octanol–water partition coefficient (Wildman–Crippen LogP) is 5.20. The minimum atomic E-state index is -0.648. The van der Waals surface area contributed by atoms with E-state index in [2.05, 4.69) is 13.2 Å². The molecule has 0 atom stereocenters. The summed E-state index contributed by atoms with van der Waals surface area (Å²) in [6.45, 7) is 15.1. The molecule has 0 saturated heterocycles. The average Bonchev–Trinajstić information content (AvgIpc) is 2.83. The maximum absolute atomic E-state index is 11.5. The van der Waals surface area contributed by atoms with Gasteiger partial charge in [0.1, 0.15) is 23.0 Å². The largest absolute Gasteiger partial charge is 0.508 e. The number of rotatable bonds is 14. The topological polar surface area (TPSA) is 112 Å². The van der Waals surface area contributed by atoms with Gasteiger partial charge in [-0.05, 0) is 26.0 Å². The van der Waals surface area contributed by atoms with Gasteiger partial charge in [-0.3, -0.25) is 0 Å². The molecule has 0 saturated carbocycles. The Morgan fingerprint density at radius 2 is 1.11 bits per heavy atom. The highest BCUT2D eigenvalue weighted by Crippen LogP contribution is 2.43. The lowest BCUT2D eigenvalue weighted by atomic mass is 9.77. The van der Waals surface area contributed by atoms with Gasteiger partial charge in [0.15, 0.2) is 0 Å². The summed E-state index contributed by atoms with van der Waals surface area (Å²) < 4.78 is 22.1. The maximum Gasteiger partial charge on any atom is 0.333 e. The van der Waals surface area contributed by atoms with Crippen LogP contribution in [0.3, 0.4) is 0 Å². The zero-order valence-electron chi connectivity index (χ0n) is 22.0. The molecular formula is C29H36O8. The highest BCUT2D eigenvalue weighted by atomic mass is 16.5. The summed E-state index contributed by atoms with van der Waals surface area (Å²) in [5.74, 6) is 0.148. The fraction of sp³-hybridized carbons (Fsp3) is 0.379. The van der Waals surface area contributed by atoms with Gasteiger partial charge in [0.2, 0.25) is 0 Å². The van der Waals surface area contributed by atoms with Gasteiger partial charge in [0.25, 0.3) is 0 Å². The van der Waals surface area contributed by atoms with E-state index in [1.54, 1.807) is 38.1 Å². The third-order valence-corrected chi connectivity index (χ3v) is 5.53. The molecule has 37 heavy (non-hydrogen) atoms. The lowest BCUT2D eigenvalue weighted by Gasteiger charge is -2.30. The molecule has 0 spiro atoms. The molecule has 0 radical (unpaired) electrons. The van der Waals surface area contributed by atoms with Gasteiger partial charge in [-0.15, -0.1) is 0 Å². The zero-order chi connectivity index (χ0) is 27.6. The van der Waals surface area contributed by atoms with Crippen LogP contribution in [0.15, 0.2) is 60.7 Å². The molecule has 0 fully saturated rings. The number of benzene rings is 2. The molecule has 2 rings (SSSR count). The highest BCUT2D eigenvalue weighted by Gasteiger charge is 2.30. The van der Waals surface area contributed by atoms with Crippen molar-refractivity contribution in [3.05, 3.63) is 71.8 Å². The first-order valence-corrected chi connectivity index (χ1v) is 12.0. The number of phenolic OH excluding ortho intramolecular Hbond substituents is 2. The van der Waals surface area contributed by atoms with Gasteiger partial charge in [-0.25, -0.2) is 9.59 Å². The number of hydrogen-bond donors (Lipinski definition) is 2. The number of ether oxygens (including phenoxy) is 4. The maximum atomic E-state index is 11.5.